The Bertz CT molecular complexity index is 1020. The largest absolute Gasteiger partial charge is 0.332 e. The summed E-state index contributed by atoms with van der Waals surface area (Å²) in [5.41, 5.74) is 2.49. The van der Waals surface area contributed by atoms with Crippen LogP contribution in [0.3, 0.4) is 0 Å². The summed E-state index contributed by atoms with van der Waals surface area (Å²) >= 11 is 5.25. The normalized spacial score (nSPS) is 10.8. The summed E-state index contributed by atoms with van der Waals surface area (Å²) in [4.78, 5) is 27.7. The summed E-state index contributed by atoms with van der Waals surface area (Å²) in [6, 6.07) is 14.9. The predicted octanol–water partition coefficient (Wildman–Crippen LogP) is 3.65. The topological polar surface area (TPSA) is 66.9 Å². The lowest BCUT2D eigenvalue weighted by atomic mass is 10.1. The molecule has 1 amide bonds. The molecule has 0 fully saturated rings. The number of anilines is 1. The van der Waals surface area contributed by atoms with Crippen molar-refractivity contribution in [3.8, 4) is 0 Å². The van der Waals surface area contributed by atoms with Crippen molar-refractivity contribution >= 4 is 34.7 Å². The molecule has 6 heteroatoms. The number of para-hydroxylation sites is 1. The van der Waals surface area contributed by atoms with Crippen molar-refractivity contribution in [2.45, 2.75) is 26.3 Å². The molecule has 5 nitrogen and oxygen atoms in total. The number of benzene rings is 2. The zero-order valence-corrected chi connectivity index (χ0v) is 14.7. The third-order valence-electron chi connectivity index (χ3n) is 4.10. The maximum Gasteiger partial charge on any atom is 0.262 e. The van der Waals surface area contributed by atoms with Crippen molar-refractivity contribution in [2.24, 2.45) is 0 Å². The van der Waals surface area contributed by atoms with Crippen LogP contribution in [0, 0.1) is 4.77 Å². The molecule has 1 aromatic heterocycles. The van der Waals surface area contributed by atoms with Gasteiger partial charge in [0.1, 0.15) is 0 Å². The van der Waals surface area contributed by atoms with Crippen molar-refractivity contribution in [2.75, 3.05) is 5.32 Å². The second kappa shape index (κ2) is 7.44. The van der Waals surface area contributed by atoms with Gasteiger partial charge in [-0.15, -0.1) is 0 Å². The summed E-state index contributed by atoms with van der Waals surface area (Å²) in [6.07, 6.45) is 1.13. The van der Waals surface area contributed by atoms with Gasteiger partial charge in [0.05, 0.1) is 10.9 Å². The number of fused-ring (bicyclic) bond motifs is 1. The first kappa shape index (κ1) is 17.1. The zero-order valence-electron chi connectivity index (χ0n) is 13.9. The predicted molar refractivity (Wildman–Crippen MR) is 102 cm³/mol. The number of hydrogen-bond acceptors (Lipinski definition) is 3. The number of aromatic nitrogens is 2. The minimum atomic E-state index is -0.181. The monoisotopic (exact) mass is 353 g/mol. The maximum atomic E-state index is 12.5. The fourth-order valence-corrected chi connectivity index (χ4v) is 2.95. The summed E-state index contributed by atoms with van der Waals surface area (Å²) in [6.45, 7) is 2.32. The molecule has 25 heavy (non-hydrogen) atoms. The smallest absolute Gasteiger partial charge is 0.262 e. The lowest BCUT2D eigenvalue weighted by Gasteiger charge is -2.09. The Hall–Kier alpha value is -2.73. The lowest BCUT2D eigenvalue weighted by Crippen LogP contribution is -2.25. The molecular formula is C19H19N3O2S. The molecule has 0 aliphatic carbocycles. The van der Waals surface area contributed by atoms with Crippen molar-refractivity contribution in [1.82, 2.24) is 9.55 Å². The SMILES string of the molecule is CCc1ccc(NC(=O)CCn2c(=S)[nH]c3ccccc3c2=O)cc1. The number of nitrogens with one attached hydrogen (secondary N) is 2. The summed E-state index contributed by atoms with van der Waals surface area (Å²) in [7, 11) is 0. The van der Waals surface area contributed by atoms with Crippen LogP contribution in [-0.4, -0.2) is 15.5 Å². The van der Waals surface area contributed by atoms with Crippen LogP contribution in [0.4, 0.5) is 5.69 Å². The van der Waals surface area contributed by atoms with E-state index in [-0.39, 0.29) is 24.4 Å². The lowest BCUT2D eigenvalue weighted by molar-refractivity contribution is -0.116. The molecule has 0 saturated carbocycles. The first-order valence-corrected chi connectivity index (χ1v) is 8.60. The van der Waals surface area contributed by atoms with Gasteiger partial charge in [-0.3, -0.25) is 14.2 Å². The number of carbonyl (C=O) groups excluding carboxylic acids is 1. The highest BCUT2D eigenvalue weighted by molar-refractivity contribution is 7.71. The number of carbonyl (C=O) groups is 1. The first-order valence-electron chi connectivity index (χ1n) is 8.19. The highest BCUT2D eigenvalue weighted by Gasteiger charge is 2.08. The average Bonchev–Trinajstić information content (AvgIpc) is 2.62. The van der Waals surface area contributed by atoms with Crippen molar-refractivity contribution in [1.29, 1.82) is 0 Å². The van der Waals surface area contributed by atoms with Gasteiger partial charge in [-0.05, 0) is 48.5 Å². The Kier molecular flexibility index (Phi) is 5.09. The van der Waals surface area contributed by atoms with Gasteiger partial charge in [0.25, 0.3) is 5.56 Å². The third kappa shape index (κ3) is 3.85. The Morgan fingerprint density at radius 1 is 1.16 bits per heavy atom. The van der Waals surface area contributed by atoms with Crippen molar-refractivity contribution in [3.63, 3.8) is 0 Å². The highest BCUT2D eigenvalue weighted by atomic mass is 32.1. The molecule has 0 atom stereocenters. The van der Waals surface area contributed by atoms with E-state index >= 15 is 0 Å². The number of aromatic amines is 1. The standard InChI is InChI=1S/C19H19N3O2S/c1-2-13-7-9-14(10-8-13)20-17(23)11-12-22-18(24)15-5-3-4-6-16(15)21-19(22)25/h3-10H,2,11-12H2,1H3,(H,20,23)(H,21,25). The molecule has 0 radical (unpaired) electrons. The van der Waals surface area contributed by atoms with Gasteiger partial charge in [0.15, 0.2) is 4.77 Å². The molecular weight excluding hydrogens is 334 g/mol. The minimum Gasteiger partial charge on any atom is -0.332 e. The maximum absolute atomic E-state index is 12.5. The minimum absolute atomic E-state index is 0.154. The Labute approximate surface area is 150 Å². The summed E-state index contributed by atoms with van der Waals surface area (Å²) in [5.74, 6) is -0.154. The fraction of sp³-hybridized carbons (Fsp3) is 0.211. The molecule has 128 valence electrons. The van der Waals surface area contributed by atoms with Crippen LogP contribution in [0.25, 0.3) is 10.9 Å². The molecule has 3 rings (SSSR count). The average molecular weight is 353 g/mol. The van der Waals surface area contributed by atoms with Gasteiger partial charge in [0, 0.05) is 18.7 Å². The van der Waals surface area contributed by atoms with E-state index < -0.39 is 0 Å². The molecule has 0 saturated heterocycles. The van der Waals surface area contributed by atoms with Gasteiger partial charge >= 0.3 is 0 Å². The Morgan fingerprint density at radius 3 is 2.60 bits per heavy atom. The van der Waals surface area contributed by atoms with Crippen LogP contribution in [0.2, 0.25) is 0 Å². The zero-order chi connectivity index (χ0) is 17.8. The van der Waals surface area contributed by atoms with E-state index in [0.29, 0.717) is 15.7 Å². The second-order valence-corrected chi connectivity index (χ2v) is 6.17. The Balaban J connectivity index is 1.72. The van der Waals surface area contributed by atoms with Gasteiger partial charge in [-0.1, -0.05) is 31.2 Å². The quantitative estimate of drug-likeness (QED) is 0.688. The van der Waals surface area contributed by atoms with E-state index in [9.17, 15) is 9.59 Å². The van der Waals surface area contributed by atoms with Gasteiger partial charge in [0.2, 0.25) is 5.91 Å². The molecule has 3 aromatic rings. The number of nitrogens with zero attached hydrogens (tertiary/aromatic N) is 1. The van der Waals surface area contributed by atoms with Crippen LogP contribution in [0.1, 0.15) is 18.9 Å². The summed E-state index contributed by atoms with van der Waals surface area (Å²) in [5, 5.41) is 3.40. The molecule has 2 aromatic carbocycles. The molecule has 0 bridgehead atoms. The molecule has 0 aliphatic rings. The number of rotatable bonds is 5. The van der Waals surface area contributed by atoms with Crippen LogP contribution >= 0.6 is 12.2 Å². The van der Waals surface area contributed by atoms with E-state index in [0.717, 1.165) is 12.1 Å². The highest BCUT2D eigenvalue weighted by Crippen LogP contribution is 2.11. The second-order valence-electron chi connectivity index (χ2n) is 5.78. The van der Waals surface area contributed by atoms with Crippen molar-refractivity contribution < 1.29 is 4.79 Å². The number of H-pyrrole nitrogens is 1. The van der Waals surface area contributed by atoms with Gasteiger partial charge in [-0.25, -0.2) is 0 Å². The molecule has 0 spiro atoms. The molecule has 0 aliphatic heterocycles. The van der Waals surface area contributed by atoms with E-state index in [1.54, 1.807) is 12.1 Å². The van der Waals surface area contributed by atoms with Crippen LogP contribution < -0.4 is 10.9 Å². The van der Waals surface area contributed by atoms with Crippen LogP contribution in [0.5, 0.6) is 0 Å². The van der Waals surface area contributed by atoms with Gasteiger partial charge in [-0.2, -0.15) is 0 Å². The molecule has 0 unspecified atom stereocenters. The summed E-state index contributed by atoms with van der Waals surface area (Å²) < 4.78 is 1.75. The number of amides is 1. The number of hydrogen-bond donors (Lipinski definition) is 2. The fourth-order valence-electron chi connectivity index (χ4n) is 2.66. The number of aryl methyl sites for hydroxylation is 1. The van der Waals surface area contributed by atoms with Gasteiger partial charge < -0.3 is 10.3 Å². The van der Waals surface area contributed by atoms with E-state index in [1.807, 2.05) is 36.4 Å². The van der Waals surface area contributed by atoms with Crippen LogP contribution in [0.15, 0.2) is 53.3 Å². The van der Waals surface area contributed by atoms with Crippen molar-refractivity contribution in [3.05, 3.63) is 69.2 Å². The third-order valence-corrected chi connectivity index (χ3v) is 4.42. The van der Waals surface area contributed by atoms with Crippen LogP contribution in [-0.2, 0) is 17.8 Å². The van der Waals surface area contributed by atoms with E-state index in [1.165, 1.54) is 10.1 Å². The molecule has 1 heterocycles. The molecule has 2 N–H and O–H groups in total. The van der Waals surface area contributed by atoms with E-state index in [4.69, 9.17) is 12.2 Å². The first-order chi connectivity index (χ1) is 12.1. The van der Waals surface area contributed by atoms with E-state index in [2.05, 4.69) is 17.2 Å². The Morgan fingerprint density at radius 2 is 1.88 bits per heavy atom.